The molecule has 7 fully saturated rings. The molecule has 3 saturated carbocycles. The third kappa shape index (κ3) is 9.06. The van der Waals surface area contributed by atoms with Gasteiger partial charge < -0.3 is 52.8 Å². The van der Waals surface area contributed by atoms with E-state index < -0.39 is 94.6 Å². The molecule has 2 aromatic rings. The number of rotatable bonds is 13. The first kappa shape index (κ1) is 54.2. The third-order valence-corrected chi connectivity index (χ3v) is 17.2. The minimum absolute atomic E-state index is 0.0192. The van der Waals surface area contributed by atoms with Gasteiger partial charge in [0.05, 0.1) is 36.4 Å². The summed E-state index contributed by atoms with van der Waals surface area (Å²) in [5.74, 6) is -3.99. The molecular formula is C60H75NO15. The first-order valence-corrected chi connectivity index (χ1v) is 27.1. The molecule has 6 heterocycles. The number of likely N-dealkylation sites (tertiary alicyclic amines) is 1. The Balaban J connectivity index is 1.11. The number of allylic oxidation sites excluding steroid dienone is 4. The Kier molecular flexibility index (Phi) is 14.2. The summed E-state index contributed by atoms with van der Waals surface area (Å²) >= 11 is 0. The average Bonchev–Trinajstić information content (AvgIpc) is 2.62. The van der Waals surface area contributed by atoms with Crippen molar-refractivity contribution >= 4 is 29.6 Å². The second-order valence-corrected chi connectivity index (χ2v) is 23.9. The summed E-state index contributed by atoms with van der Waals surface area (Å²) < 4.78 is 57.6. The largest absolute Gasteiger partial charge is 0.482 e. The molecule has 4 bridgehead atoms. The highest BCUT2D eigenvalue weighted by molar-refractivity contribution is 6.11. The van der Waals surface area contributed by atoms with Crippen LogP contribution in [0.4, 0.5) is 0 Å². The van der Waals surface area contributed by atoms with Gasteiger partial charge in [0.1, 0.15) is 52.8 Å². The zero-order chi connectivity index (χ0) is 54.4. The minimum Gasteiger partial charge on any atom is -0.482 e. The highest BCUT2D eigenvalue weighted by Gasteiger charge is 2.86. The Bertz CT molecular complexity index is 2790. The van der Waals surface area contributed by atoms with Gasteiger partial charge in [-0.2, -0.15) is 0 Å². The maximum Gasteiger partial charge on any atom is 0.343 e. The molecule has 16 nitrogen and oxygen atoms in total. The van der Waals surface area contributed by atoms with Crippen LogP contribution in [0.15, 0.2) is 65.3 Å². The molecule has 3 aliphatic carbocycles. The quantitative estimate of drug-likeness (QED) is 0.0840. The molecule has 4 saturated heterocycles. The molecule has 7 unspecified atom stereocenters. The molecule has 76 heavy (non-hydrogen) atoms. The molecule has 11 rings (SSSR count). The molecule has 9 aliphatic rings. The number of Topliss-reactive ketones (excluding diaryl/α,β-unsaturated/α-hetero) is 2. The van der Waals surface area contributed by atoms with Gasteiger partial charge in [-0.15, -0.1) is 0 Å². The van der Waals surface area contributed by atoms with Gasteiger partial charge in [-0.1, -0.05) is 35.8 Å². The second kappa shape index (κ2) is 19.9. The highest BCUT2D eigenvalue weighted by atomic mass is 16.8. The molecule has 0 amide bonds. The number of benzene rings is 2. The van der Waals surface area contributed by atoms with Gasteiger partial charge in [0.15, 0.2) is 34.3 Å². The fourth-order valence-electron chi connectivity index (χ4n) is 13.6. The molecule has 410 valence electrons. The normalized spacial score (nSPS) is 34.6. The van der Waals surface area contributed by atoms with E-state index in [0.717, 1.165) is 31.3 Å². The number of nitrogens with zero attached hydrogens (tertiary/aromatic N) is 1. The van der Waals surface area contributed by atoms with Crippen molar-refractivity contribution in [3.05, 3.63) is 87.5 Å². The monoisotopic (exact) mass is 1050 g/mol. The fourth-order valence-corrected chi connectivity index (χ4v) is 13.6. The number of esters is 2. The maximum atomic E-state index is 16.7. The summed E-state index contributed by atoms with van der Waals surface area (Å²) in [5.41, 5.74) is -1.37. The van der Waals surface area contributed by atoms with E-state index in [9.17, 15) is 19.8 Å². The van der Waals surface area contributed by atoms with Crippen LogP contribution in [-0.2, 0) is 39.7 Å². The van der Waals surface area contributed by atoms with E-state index in [1.165, 1.54) is 36.9 Å². The lowest BCUT2D eigenvalue weighted by Crippen LogP contribution is -2.82. The van der Waals surface area contributed by atoms with Crippen molar-refractivity contribution in [1.82, 2.24) is 4.90 Å². The molecular weight excluding hydrogens is 975 g/mol. The smallest absolute Gasteiger partial charge is 0.343 e. The summed E-state index contributed by atoms with van der Waals surface area (Å²) in [7, 11) is 1.31. The van der Waals surface area contributed by atoms with Gasteiger partial charge in [-0.3, -0.25) is 14.5 Å². The lowest BCUT2D eigenvalue weighted by atomic mass is 9.44. The van der Waals surface area contributed by atoms with Gasteiger partial charge in [-0.05, 0) is 157 Å². The number of ether oxygens (including phenoxy) is 9. The Labute approximate surface area is 445 Å². The number of piperidine rings is 1. The van der Waals surface area contributed by atoms with Gasteiger partial charge in [0.25, 0.3) is 0 Å². The van der Waals surface area contributed by atoms with Crippen LogP contribution in [-0.4, -0.2) is 130 Å². The molecule has 16 heteroatoms. The van der Waals surface area contributed by atoms with Crippen molar-refractivity contribution in [2.24, 2.45) is 17.8 Å². The standard InChI is InChI=1S/C60H75NO15/c1-32(2)16-15-25-58(10)26-24-38-48(74-58)37(22-17-33(3)4)50-42(49(38)72-54(67)35-18-20-36(21-19-35)70-55-47(64)46(63)51-40(71-55)31-69-57(8,9)73-51)45(62)43-44(61-28-13-12-14-29-61)39-30-41-56(6,7)76-59(52(39)65,60(41,43)75-50)27-23-34(5)53(66)68-11/h16-21,23-24,26,39-41,43-44,46-47,51,55,63-64H,12-15,22,25,27-31H2,1-11H3/t39?,40-,41?,43?,44?,46-,47-,51-,55-,58?,59?,60?/m1/s1. The number of fused-ring (bicyclic) bond motifs is 3. The van der Waals surface area contributed by atoms with E-state index in [2.05, 4.69) is 24.8 Å². The van der Waals surface area contributed by atoms with E-state index in [4.69, 9.17) is 42.6 Å². The molecule has 2 aromatic carbocycles. The van der Waals surface area contributed by atoms with Crippen LogP contribution in [0.1, 0.15) is 146 Å². The van der Waals surface area contributed by atoms with E-state index >= 15 is 9.59 Å². The predicted octanol–water partition coefficient (Wildman–Crippen LogP) is 8.36. The van der Waals surface area contributed by atoms with Crippen molar-refractivity contribution in [2.45, 2.75) is 186 Å². The van der Waals surface area contributed by atoms with E-state index in [-0.39, 0.29) is 59.4 Å². The Morgan fingerprint density at radius 1 is 0.882 bits per heavy atom. The lowest BCUT2D eigenvalue weighted by molar-refractivity contribution is -0.373. The first-order valence-electron chi connectivity index (χ1n) is 27.1. The predicted molar refractivity (Wildman–Crippen MR) is 279 cm³/mol. The average molecular weight is 1050 g/mol. The topological polar surface area (TPSA) is 195 Å². The zero-order valence-electron chi connectivity index (χ0n) is 45.8. The number of aliphatic hydroxyl groups excluding tert-OH is 2. The summed E-state index contributed by atoms with van der Waals surface area (Å²) in [4.78, 5) is 62.5. The number of carbonyl (C=O) groups excluding carboxylic acids is 4. The van der Waals surface area contributed by atoms with Crippen molar-refractivity contribution < 1.29 is 72.0 Å². The number of carbonyl (C=O) groups is 4. The third-order valence-electron chi connectivity index (χ3n) is 17.2. The number of methoxy groups -OCH3 is 1. The molecule has 2 N–H and O–H groups in total. The van der Waals surface area contributed by atoms with Gasteiger partial charge in [0, 0.05) is 35.4 Å². The van der Waals surface area contributed by atoms with Crippen LogP contribution >= 0.6 is 0 Å². The van der Waals surface area contributed by atoms with E-state index in [0.29, 0.717) is 48.4 Å². The summed E-state index contributed by atoms with van der Waals surface area (Å²) in [5, 5.41) is 22.1. The van der Waals surface area contributed by atoms with Crippen LogP contribution in [0.5, 0.6) is 23.0 Å². The number of aliphatic hydroxyl groups is 2. The molecule has 6 aliphatic heterocycles. The highest BCUT2D eigenvalue weighted by Crippen LogP contribution is 2.71. The molecule has 12 atom stereocenters. The van der Waals surface area contributed by atoms with Crippen molar-refractivity contribution in [3.63, 3.8) is 0 Å². The van der Waals surface area contributed by atoms with Crippen LogP contribution in [0, 0.1) is 17.8 Å². The fraction of sp³-hybridized carbons (Fsp3) is 0.600. The Hall–Kier alpha value is -5.20. The lowest BCUT2D eigenvalue weighted by Gasteiger charge is -2.64. The van der Waals surface area contributed by atoms with Crippen molar-refractivity contribution in [3.8, 4) is 23.0 Å². The van der Waals surface area contributed by atoms with E-state index in [1.807, 2.05) is 52.8 Å². The SMILES string of the molecule is COC(=O)C(C)=CCC12OC(C)(C)C3CC(C1=O)C(N1CCCCC1)C1C(=O)c4c(OC(=O)c5ccc(O[C@@H]6O[C@@H]7COC(C)(C)O[C@H]7[C@H](O)[C@H]6O)cc5)c5c(c(CC=C(C)C)c4OC132)OC(C)(CCC=C(C)C)C=C5. The van der Waals surface area contributed by atoms with Crippen molar-refractivity contribution in [1.29, 1.82) is 0 Å². The van der Waals surface area contributed by atoms with Gasteiger partial charge in [0.2, 0.25) is 6.29 Å². The minimum atomic E-state index is -1.69. The summed E-state index contributed by atoms with van der Waals surface area (Å²) in [6.07, 6.45) is 8.95. The zero-order valence-corrected chi connectivity index (χ0v) is 45.8. The molecule has 0 aromatic heterocycles. The van der Waals surface area contributed by atoms with E-state index in [1.54, 1.807) is 26.8 Å². The number of hydrogen-bond acceptors (Lipinski definition) is 16. The number of hydrogen-bond donors (Lipinski definition) is 2. The van der Waals surface area contributed by atoms with Crippen molar-refractivity contribution in [2.75, 3.05) is 26.8 Å². The van der Waals surface area contributed by atoms with Crippen LogP contribution in [0.25, 0.3) is 6.08 Å². The maximum absolute atomic E-state index is 16.7. The summed E-state index contributed by atoms with van der Waals surface area (Å²) in [6.45, 7) is 20.6. The van der Waals surface area contributed by atoms with Gasteiger partial charge in [-0.25, -0.2) is 9.59 Å². The van der Waals surface area contributed by atoms with Gasteiger partial charge >= 0.3 is 11.9 Å². The Morgan fingerprint density at radius 3 is 2.28 bits per heavy atom. The summed E-state index contributed by atoms with van der Waals surface area (Å²) in [6, 6.07) is 5.52. The van der Waals surface area contributed by atoms with Crippen LogP contribution < -0.4 is 18.9 Å². The second-order valence-electron chi connectivity index (χ2n) is 23.9. The first-order chi connectivity index (χ1) is 35.9. The molecule has 0 radical (unpaired) electrons. The number of ketones is 2. The van der Waals surface area contributed by atoms with Crippen LogP contribution in [0.2, 0.25) is 0 Å². The van der Waals surface area contributed by atoms with Crippen LogP contribution in [0.3, 0.4) is 0 Å². The Morgan fingerprint density at radius 2 is 1.59 bits per heavy atom. The molecule has 1 spiro atoms.